The van der Waals surface area contributed by atoms with Crippen molar-refractivity contribution in [1.29, 1.82) is 0 Å². The maximum atomic E-state index is 5.39. The number of nitrogens with zero attached hydrogens (tertiary/aromatic N) is 1. The number of rotatable bonds is 1. The van der Waals surface area contributed by atoms with Crippen LogP contribution < -0.4 is 4.74 Å². The smallest absolute Gasteiger partial charge is 0.143 e. The zero-order valence-electron chi connectivity index (χ0n) is 8.02. The van der Waals surface area contributed by atoms with Crippen molar-refractivity contribution < 1.29 is 4.74 Å². The lowest BCUT2D eigenvalue weighted by Gasteiger charge is -2.11. The van der Waals surface area contributed by atoms with Crippen molar-refractivity contribution in [3.05, 3.63) is 30.2 Å². The van der Waals surface area contributed by atoms with E-state index in [9.17, 15) is 0 Å². The Labute approximate surface area is 126 Å². The molecular weight excluding hydrogens is 470 g/mol. The Morgan fingerprint density at radius 1 is 1.06 bits per heavy atom. The van der Waals surface area contributed by atoms with E-state index in [1.165, 1.54) is 0 Å². The van der Waals surface area contributed by atoms with Gasteiger partial charge in [0.2, 0.25) is 0 Å². The highest BCUT2D eigenvalue weighted by molar-refractivity contribution is 9.13. The van der Waals surface area contributed by atoms with Gasteiger partial charge in [-0.2, -0.15) is 0 Å². The normalized spacial score (nSPS) is 10.8. The largest absolute Gasteiger partial charge is 0.495 e. The molecule has 84 valence electrons. The molecule has 2 aromatic rings. The maximum absolute atomic E-state index is 5.39. The third-order valence-electron chi connectivity index (χ3n) is 2.10. The second-order valence-electron chi connectivity index (χ2n) is 3.02. The molecule has 0 saturated heterocycles. The highest BCUT2D eigenvalue weighted by Gasteiger charge is 2.15. The van der Waals surface area contributed by atoms with Crippen LogP contribution >= 0.6 is 63.7 Å². The second-order valence-corrected chi connectivity index (χ2v) is 6.37. The third kappa shape index (κ3) is 2.05. The first-order valence-corrected chi connectivity index (χ1v) is 7.39. The first-order valence-electron chi connectivity index (χ1n) is 4.22. The number of methoxy groups -OCH3 is 1. The lowest BCUT2D eigenvalue weighted by Crippen LogP contribution is -1.91. The molecule has 0 radical (unpaired) electrons. The van der Waals surface area contributed by atoms with Gasteiger partial charge in [-0.15, -0.1) is 0 Å². The van der Waals surface area contributed by atoms with Crippen LogP contribution in [0.5, 0.6) is 5.75 Å². The second kappa shape index (κ2) is 4.92. The van der Waals surface area contributed by atoms with Crippen molar-refractivity contribution in [1.82, 2.24) is 4.98 Å². The molecular formula is C10H5Br4NO. The summed E-state index contributed by atoms with van der Waals surface area (Å²) < 4.78 is 9.01. The highest BCUT2D eigenvalue weighted by Crippen LogP contribution is 2.43. The molecule has 16 heavy (non-hydrogen) atoms. The molecule has 0 unspecified atom stereocenters. The Kier molecular flexibility index (Phi) is 3.93. The van der Waals surface area contributed by atoms with Gasteiger partial charge in [0.25, 0.3) is 0 Å². The van der Waals surface area contributed by atoms with Crippen LogP contribution in [0.4, 0.5) is 0 Å². The van der Waals surface area contributed by atoms with E-state index in [-0.39, 0.29) is 0 Å². The van der Waals surface area contributed by atoms with Crippen LogP contribution in [0.25, 0.3) is 10.9 Å². The van der Waals surface area contributed by atoms with Crippen LogP contribution in [-0.2, 0) is 0 Å². The van der Waals surface area contributed by atoms with Gasteiger partial charge in [0.15, 0.2) is 0 Å². The van der Waals surface area contributed by atoms with Crippen LogP contribution in [-0.4, -0.2) is 12.1 Å². The molecule has 0 aliphatic heterocycles. The molecule has 2 rings (SSSR count). The minimum absolute atomic E-state index is 0.763. The molecule has 0 aliphatic rings. The van der Waals surface area contributed by atoms with Crippen molar-refractivity contribution in [2.75, 3.05) is 7.11 Å². The minimum Gasteiger partial charge on any atom is -0.495 e. The molecule has 0 aliphatic carbocycles. The van der Waals surface area contributed by atoms with Gasteiger partial charge in [0, 0.05) is 15.1 Å². The van der Waals surface area contributed by atoms with E-state index in [1.54, 1.807) is 13.3 Å². The van der Waals surface area contributed by atoms with Gasteiger partial charge in [-0.25, -0.2) is 0 Å². The van der Waals surface area contributed by atoms with Crippen LogP contribution in [0.15, 0.2) is 30.2 Å². The topological polar surface area (TPSA) is 22.1 Å². The average Bonchev–Trinajstić information content (AvgIpc) is 2.24. The summed E-state index contributed by atoms with van der Waals surface area (Å²) in [5.74, 6) is 0.763. The number of pyridine rings is 1. The molecule has 2 nitrogen and oxygen atoms in total. The van der Waals surface area contributed by atoms with E-state index in [0.29, 0.717) is 0 Å². The molecule has 0 amide bonds. The SMILES string of the molecule is COc1c(Br)cc(Br)c2ncc(Br)c(Br)c12. The highest BCUT2D eigenvalue weighted by atomic mass is 79.9. The number of fused-ring (bicyclic) bond motifs is 1. The molecule has 0 N–H and O–H groups in total. The summed E-state index contributed by atoms with van der Waals surface area (Å²) in [6.07, 6.45) is 1.75. The lowest BCUT2D eigenvalue weighted by molar-refractivity contribution is 0.417. The summed E-state index contributed by atoms with van der Waals surface area (Å²) in [5.41, 5.74) is 0.857. The number of benzene rings is 1. The monoisotopic (exact) mass is 471 g/mol. The first-order chi connectivity index (χ1) is 7.56. The third-order valence-corrected chi connectivity index (χ3v) is 5.25. The number of ether oxygens (including phenoxy) is 1. The Morgan fingerprint density at radius 3 is 2.38 bits per heavy atom. The Morgan fingerprint density at radius 2 is 1.75 bits per heavy atom. The summed E-state index contributed by atoms with van der Waals surface area (Å²) >= 11 is 13.9. The maximum Gasteiger partial charge on any atom is 0.143 e. The Balaban J connectivity index is 3.01. The van der Waals surface area contributed by atoms with Gasteiger partial charge in [-0.05, 0) is 69.8 Å². The average molecular weight is 475 g/mol. The number of halogens is 4. The fourth-order valence-corrected chi connectivity index (χ4v) is 3.61. The van der Waals surface area contributed by atoms with Crippen molar-refractivity contribution in [2.45, 2.75) is 0 Å². The number of aromatic nitrogens is 1. The molecule has 1 heterocycles. The van der Waals surface area contributed by atoms with E-state index >= 15 is 0 Å². The number of hydrogen-bond acceptors (Lipinski definition) is 2. The standard InChI is InChI=1S/C10H5Br4NO/c1-16-10-5(12)2-4(11)9-7(10)8(14)6(13)3-15-9/h2-3H,1H3. The predicted octanol–water partition coefficient (Wildman–Crippen LogP) is 5.29. The number of hydrogen-bond donors (Lipinski definition) is 0. The van der Waals surface area contributed by atoms with Gasteiger partial charge in [0.1, 0.15) is 5.75 Å². The predicted molar refractivity (Wildman–Crippen MR) is 79.1 cm³/mol. The quantitative estimate of drug-likeness (QED) is 0.560. The van der Waals surface area contributed by atoms with E-state index < -0.39 is 0 Å². The van der Waals surface area contributed by atoms with Crippen LogP contribution in [0.1, 0.15) is 0 Å². The van der Waals surface area contributed by atoms with E-state index in [4.69, 9.17) is 4.74 Å². The van der Waals surface area contributed by atoms with Crippen molar-refractivity contribution in [3.8, 4) is 5.75 Å². The minimum atomic E-state index is 0.763. The Hall–Kier alpha value is 0.350. The van der Waals surface area contributed by atoms with Crippen LogP contribution in [0, 0.1) is 0 Å². The summed E-state index contributed by atoms with van der Waals surface area (Å²) in [5, 5.41) is 0.929. The zero-order chi connectivity index (χ0) is 11.9. The summed E-state index contributed by atoms with van der Waals surface area (Å²) in [6.45, 7) is 0. The first kappa shape index (κ1) is 12.8. The van der Waals surface area contributed by atoms with Gasteiger partial charge >= 0.3 is 0 Å². The fraction of sp³-hybridized carbons (Fsp3) is 0.100. The molecule has 0 spiro atoms. The fourth-order valence-electron chi connectivity index (χ4n) is 1.42. The summed E-state index contributed by atoms with van der Waals surface area (Å²) in [6, 6.07) is 1.93. The van der Waals surface area contributed by atoms with Gasteiger partial charge in [-0.1, -0.05) is 0 Å². The summed E-state index contributed by atoms with van der Waals surface area (Å²) in [4.78, 5) is 4.37. The molecule has 1 aromatic heterocycles. The van der Waals surface area contributed by atoms with Crippen molar-refractivity contribution in [3.63, 3.8) is 0 Å². The van der Waals surface area contributed by atoms with Crippen LogP contribution in [0.2, 0.25) is 0 Å². The molecule has 1 aromatic carbocycles. The molecule has 0 atom stereocenters. The van der Waals surface area contributed by atoms with Gasteiger partial charge in [0.05, 0.1) is 27.0 Å². The van der Waals surface area contributed by atoms with Crippen molar-refractivity contribution >= 4 is 74.6 Å². The molecule has 0 saturated carbocycles. The lowest BCUT2D eigenvalue weighted by atomic mass is 10.2. The van der Waals surface area contributed by atoms with E-state index in [2.05, 4.69) is 68.7 Å². The zero-order valence-corrected chi connectivity index (χ0v) is 14.4. The van der Waals surface area contributed by atoms with Gasteiger partial charge < -0.3 is 4.74 Å². The van der Waals surface area contributed by atoms with E-state index in [1.807, 2.05) is 6.07 Å². The molecule has 0 fully saturated rings. The molecule has 6 heteroatoms. The van der Waals surface area contributed by atoms with Crippen LogP contribution in [0.3, 0.4) is 0 Å². The van der Waals surface area contributed by atoms with E-state index in [0.717, 1.165) is 34.5 Å². The molecule has 0 bridgehead atoms. The van der Waals surface area contributed by atoms with Crippen molar-refractivity contribution in [2.24, 2.45) is 0 Å². The van der Waals surface area contributed by atoms with Gasteiger partial charge in [-0.3, -0.25) is 4.98 Å². The summed E-state index contributed by atoms with van der Waals surface area (Å²) in [7, 11) is 1.64. The Bertz CT molecular complexity index is 570.